The predicted molar refractivity (Wildman–Crippen MR) is 122 cm³/mol. The molecule has 0 spiro atoms. The van der Waals surface area contributed by atoms with Gasteiger partial charge in [0.05, 0.1) is 5.39 Å². The first-order valence-electron chi connectivity index (χ1n) is 10.4. The van der Waals surface area contributed by atoms with Crippen molar-refractivity contribution in [3.05, 3.63) is 101 Å². The van der Waals surface area contributed by atoms with Crippen LogP contribution < -0.4 is 15.5 Å². The number of benzene rings is 3. The largest absolute Gasteiger partial charge is 0.491 e. The summed E-state index contributed by atoms with van der Waals surface area (Å²) >= 11 is 0. The van der Waals surface area contributed by atoms with Gasteiger partial charge in [0.2, 0.25) is 0 Å². The molecule has 158 valence electrons. The van der Waals surface area contributed by atoms with Gasteiger partial charge < -0.3 is 19.6 Å². The molecule has 1 aromatic heterocycles. The van der Waals surface area contributed by atoms with E-state index >= 15 is 0 Å². The van der Waals surface area contributed by atoms with Gasteiger partial charge in [0.25, 0.3) is 0 Å². The molecule has 0 radical (unpaired) electrons. The molecule has 4 rings (SSSR count). The van der Waals surface area contributed by atoms with E-state index in [0.717, 1.165) is 18.5 Å². The van der Waals surface area contributed by atoms with Crippen LogP contribution in [0.2, 0.25) is 0 Å². The Balaban J connectivity index is 1.34. The average Bonchev–Trinajstić information content (AvgIpc) is 2.81. The molecular weight excluding hydrogens is 390 g/mol. The highest BCUT2D eigenvalue weighted by molar-refractivity contribution is 5.80. The van der Waals surface area contributed by atoms with Crippen LogP contribution in [0.25, 0.3) is 22.3 Å². The van der Waals surface area contributed by atoms with Gasteiger partial charge in [-0.05, 0) is 30.7 Å². The van der Waals surface area contributed by atoms with Crippen LogP contribution in [0.1, 0.15) is 5.56 Å². The second kappa shape index (κ2) is 10.1. The van der Waals surface area contributed by atoms with E-state index in [1.54, 1.807) is 18.2 Å². The molecule has 3 aromatic carbocycles. The molecule has 0 fully saturated rings. The molecule has 0 saturated carbocycles. The van der Waals surface area contributed by atoms with Crippen LogP contribution in [0.3, 0.4) is 0 Å². The lowest BCUT2D eigenvalue weighted by molar-refractivity contribution is 0.106. The Morgan fingerprint density at radius 1 is 0.935 bits per heavy atom. The number of nitrogens with one attached hydrogen (secondary N) is 1. The molecule has 2 N–H and O–H groups in total. The smallest absolute Gasteiger partial charge is 0.193 e. The van der Waals surface area contributed by atoms with Crippen LogP contribution in [0, 0.1) is 0 Å². The zero-order valence-electron chi connectivity index (χ0n) is 17.2. The summed E-state index contributed by atoms with van der Waals surface area (Å²) in [4.78, 5) is 12.5. The van der Waals surface area contributed by atoms with Crippen LogP contribution >= 0.6 is 0 Å². The molecule has 0 saturated heterocycles. The summed E-state index contributed by atoms with van der Waals surface area (Å²) in [5.41, 5.74) is 2.45. The topological polar surface area (TPSA) is 71.7 Å². The third kappa shape index (κ3) is 5.60. The van der Waals surface area contributed by atoms with Crippen molar-refractivity contribution in [1.82, 2.24) is 5.32 Å². The fourth-order valence-electron chi connectivity index (χ4n) is 3.37. The number of fused-ring (bicyclic) bond motifs is 1. The van der Waals surface area contributed by atoms with E-state index in [0.29, 0.717) is 29.0 Å². The molecule has 1 atom stereocenters. The van der Waals surface area contributed by atoms with Crippen LogP contribution in [-0.4, -0.2) is 30.9 Å². The summed E-state index contributed by atoms with van der Waals surface area (Å²) in [6.07, 6.45) is 0.260. The van der Waals surface area contributed by atoms with Crippen molar-refractivity contribution in [1.29, 1.82) is 0 Å². The van der Waals surface area contributed by atoms with Gasteiger partial charge in [-0.1, -0.05) is 60.7 Å². The lowest BCUT2D eigenvalue weighted by Crippen LogP contribution is -2.32. The minimum absolute atomic E-state index is 0.102. The van der Waals surface area contributed by atoms with Crippen molar-refractivity contribution in [2.45, 2.75) is 12.5 Å². The lowest BCUT2D eigenvalue weighted by Gasteiger charge is -2.13. The fraction of sp³-hybridized carbons (Fsp3) is 0.192. The third-order valence-electron chi connectivity index (χ3n) is 5.01. The monoisotopic (exact) mass is 415 g/mol. The Morgan fingerprint density at radius 3 is 2.45 bits per heavy atom. The first kappa shape index (κ1) is 20.8. The Hall–Kier alpha value is -3.41. The molecular formula is C26H25NO4. The third-order valence-corrected chi connectivity index (χ3v) is 5.01. The van der Waals surface area contributed by atoms with E-state index in [-0.39, 0.29) is 12.0 Å². The predicted octanol–water partition coefficient (Wildman–Crippen LogP) is 4.03. The van der Waals surface area contributed by atoms with E-state index < -0.39 is 6.10 Å². The average molecular weight is 415 g/mol. The molecule has 1 heterocycles. The highest BCUT2D eigenvalue weighted by Gasteiger charge is 2.10. The first-order valence-corrected chi connectivity index (χ1v) is 10.4. The second-order valence-corrected chi connectivity index (χ2v) is 7.40. The number of hydrogen-bond donors (Lipinski definition) is 2. The standard InChI is InChI=1S/C26H25NO4/c28-21(17-27-14-13-19-7-3-1-4-8-19)18-30-22-11-12-23-24(29)16-25(31-26(23)15-22)20-9-5-2-6-10-20/h1-12,15-16,21,27-28H,13-14,17-18H2. The van der Waals surface area contributed by atoms with Gasteiger partial charge in [0.15, 0.2) is 5.43 Å². The maximum absolute atomic E-state index is 12.5. The van der Waals surface area contributed by atoms with E-state index in [1.165, 1.54) is 11.6 Å². The van der Waals surface area contributed by atoms with Gasteiger partial charge in [-0.25, -0.2) is 0 Å². The van der Waals surface area contributed by atoms with Gasteiger partial charge in [-0.2, -0.15) is 0 Å². The van der Waals surface area contributed by atoms with Crippen molar-refractivity contribution in [2.24, 2.45) is 0 Å². The van der Waals surface area contributed by atoms with Gasteiger partial charge in [0, 0.05) is 24.2 Å². The second-order valence-electron chi connectivity index (χ2n) is 7.40. The molecule has 0 bridgehead atoms. The molecule has 5 heteroatoms. The Bertz CT molecular complexity index is 1170. The molecule has 31 heavy (non-hydrogen) atoms. The molecule has 0 aliphatic carbocycles. The van der Waals surface area contributed by atoms with E-state index in [2.05, 4.69) is 17.4 Å². The number of rotatable bonds is 9. The van der Waals surface area contributed by atoms with Gasteiger partial charge in [-0.15, -0.1) is 0 Å². The fourth-order valence-corrected chi connectivity index (χ4v) is 3.37. The highest BCUT2D eigenvalue weighted by Crippen LogP contribution is 2.24. The summed E-state index contributed by atoms with van der Waals surface area (Å²) in [5, 5.41) is 13.9. The summed E-state index contributed by atoms with van der Waals surface area (Å²) in [5.74, 6) is 1.06. The van der Waals surface area contributed by atoms with Crippen molar-refractivity contribution >= 4 is 11.0 Å². The lowest BCUT2D eigenvalue weighted by atomic mass is 10.1. The summed E-state index contributed by atoms with van der Waals surface area (Å²) in [6.45, 7) is 1.37. The zero-order chi connectivity index (χ0) is 21.5. The Labute approximate surface area is 180 Å². The Kier molecular flexibility index (Phi) is 6.77. The van der Waals surface area contributed by atoms with E-state index in [9.17, 15) is 9.90 Å². The number of hydrogen-bond acceptors (Lipinski definition) is 5. The van der Waals surface area contributed by atoms with Crippen molar-refractivity contribution in [2.75, 3.05) is 19.7 Å². The SMILES string of the molecule is O=c1cc(-c2ccccc2)oc2cc(OCC(O)CNCCc3ccccc3)ccc12. The molecule has 0 aliphatic rings. The number of ether oxygens (including phenoxy) is 1. The normalized spacial score (nSPS) is 12.0. The first-order chi connectivity index (χ1) is 15.2. The summed E-state index contributed by atoms with van der Waals surface area (Å²) in [7, 11) is 0. The van der Waals surface area contributed by atoms with E-state index in [4.69, 9.17) is 9.15 Å². The molecule has 0 aliphatic heterocycles. The Morgan fingerprint density at radius 2 is 1.68 bits per heavy atom. The van der Waals surface area contributed by atoms with Gasteiger partial charge in [-0.3, -0.25) is 4.79 Å². The van der Waals surface area contributed by atoms with Crippen molar-refractivity contribution < 1.29 is 14.3 Å². The number of aliphatic hydroxyl groups is 1. The highest BCUT2D eigenvalue weighted by atomic mass is 16.5. The maximum atomic E-state index is 12.5. The van der Waals surface area contributed by atoms with Gasteiger partial charge >= 0.3 is 0 Å². The van der Waals surface area contributed by atoms with Crippen LogP contribution in [0.4, 0.5) is 0 Å². The van der Waals surface area contributed by atoms with Crippen LogP contribution in [-0.2, 0) is 6.42 Å². The minimum Gasteiger partial charge on any atom is -0.491 e. The molecule has 5 nitrogen and oxygen atoms in total. The number of aliphatic hydroxyl groups excluding tert-OH is 1. The summed E-state index contributed by atoms with van der Waals surface area (Å²) < 4.78 is 11.7. The van der Waals surface area contributed by atoms with Crippen LogP contribution in [0.15, 0.2) is 94.1 Å². The molecule has 0 amide bonds. The quantitative estimate of drug-likeness (QED) is 0.404. The maximum Gasteiger partial charge on any atom is 0.193 e. The zero-order valence-corrected chi connectivity index (χ0v) is 17.2. The van der Waals surface area contributed by atoms with Crippen molar-refractivity contribution in [3.63, 3.8) is 0 Å². The molecule has 4 aromatic rings. The summed E-state index contributed by atoms with van der Waals surface area (Å²) in [6, 6.07) is 26.3. The minimum atomic E-state index is -0.644. The van der Waals surface area contributed by atoms with Crippen LogP contribution in [0.5, 0.6) is 5.75 Å². The van der Waals surface area contributed by atoms with E-state index in [1.807, 2.05) is 48.5 Å². The van der Waals surface area contributed by atoms with Gasteiger partial charge in [0.1, 0.15) is 29.8 Å². The van der Waals surface area contributed by atoms with Crippen molar-refractivity contribution in [3.8, 4) is 17.1 Å². The molecule has 1 unspecified atom stereocenters.